The van der Waals surface area contributed by atoms with E-state index in [4.69, 9.17) is 11.6 Å². The molecule has 0 saturated heterocycles. The number of hydrogen-bond acceptors (Lipinski definition) is 3. The lowest BCUT2D eigenvalue weighted by molar-refractivity contribution is -0.121. The van der Waals surface area contributed by atoms with Crippen LogP contribution in [0.25, 0.3) is 0 Å². The van der Waals surface area contributed by atoms with Crippen molar-refractivity contribution in [3.8, 4) is 0 Å². The Kier molecular flexibility index (Phi) is 4.17. The molecule has 0 radical (unpaired) electrons. The molecule has 0 spiro atoms. The molecule has 2 N–H and O–H groups in total. The standard InChI is InChI=1S/C7H7ClF3N3O2S/c8-5-2-1-3-6(13-5)14-17(15,16)12-4-7(9,10)11/h1-3,12H,4H2,(H,13,14). The van der Waals surface area contributed by atoms with Crippen LogP contribution >= 0.6 is 11.6 Å². The van der Waals surface area contributed by atoms with Crippen molar-refractivity contribution in [3.63, 3.8) is 0 Å². The summed E-state index contributed by atoms with van der Waals surface area (Å²) in [6.07, 6.45) is -4.63. The van der Waals surface area contributed by atoms with E-state index in [1.807, 2.05) is 0 Å². The second kappa shape index (κ2) is 5.07. The molecular formula is C7H7ClF3N3O2S. The minimum atomic E-state index is -4.63. The highest BCUT2D eigenvalue weighted by atomic mass is 35.5. The van der Waals surface area contributed by atoms with Crippen LogP contribution in [0.2, 0.25) is 5.15 Å². The Hall–Kier alpha value is -1.06. The Morgan fingerprint density at radius 1 is 1.35 bits per heavy atom. The van der Waals surface area contributed by atoms with E-state index in [-0.39, 0.29) is 11.0 Å². The average Bonchev–Trinajstić information content (AvgIpc) is 2.13. The predicted octanol–water partition coefficient (Wildman–Crippen LogP) is 1.54. The summed E-state index contributed by atoms with van der Waals surface area (Å²) in [6.45, 7) is -1.66. The van der Waals surface area contributed by atoms with Crippen LogP contribution in [-0.2, 0) is 10.2 Å². The Morgan fingerprint density at radius 3 is 2.53 bits per heavy atom. The smallest absolute Gasteiger partial charge is 0.255 e. The van der Waals surface area contributed by atoms with Crippen molar-refractivity contribution in [1.29, 1.82) is 0 Å². The van der Waals surface area contributed by atoms with Gasteiger partial charge < -0.3 is 0 Å². The third kappa shape index (κ3) is 5.71. The minimum absolute atomic E-state index is 0.0148. The van der Waals surface area contributed by atoms with Crippen LogP contribution in [0.15, 0.2) is 18.2 Å². The first kappa shape index (κ1) is 14.0. The third-order valence-electron chi connectivity index (χ3n) is 1.42. The van der Waals surface area contributed by atoms with Gasteiger partial charge >= 0.3 is 16.4 Å². The van der Waals surface area contributed by atoms with Gasteiger partial charge in [0.15, 0.2) is 0 Å². The van der Waals surface area contributed by atoms with Crippen LogP contribution in [0.1, 0.15) is 0 Å². The third-order valence-corrected chi connectivity index (χ3v) is 2.63. The normalized spacial score (nSPS) is 12.5. The number of halogens is 4. The molecule has 10 heteroatoms. The molecule has 0 atom stereocenters. The van der Waals surface area contributed by atoms with Gasteiger partial charge in [0.2, 0.25) is 0 Å². The van der Waals surface area contributed by atoms with E-state index in [1.165, 1.54) is 22.9 Å². The SMILES string of the molecule is O=S(=O)(NCC(F)(F)F)Nc1cccc(Cl)n1. The fraction of sp³-hybridized carbons (Fsp3) is 0.286. The molecule has 0 saturated carbocycles. The molecule has 0 amide bonds. The summed E-state index contributed by atoms with van der Waals surface area (Å²) in [7, 11) is -4.33. The first-order chi connectivity index (χ1) is 7.68. The van der Waals surface area contributed by atoms with Gasteiger partial charge in [-0.05, 0) is 12.1 Å². The van der Waals surface area contributed by atoms with E-state index < -0.39 is 22.9 Å². The molecule has 0 unspecified atom stereocenters. The number of nitrogens with zero attached hydrogens (tertiary/aromatic N) is 1. The number of hydrogen-bond donors (Lipinski definition) is 2. The van der Waals surface area contributed by atoms with Crippen LogP contribution in [0, 0.1) is 0 Å². The molecule has 0 aromatic carbocycles. The molecule has 0 aliphatic rings. The van der Waals surface area contributed by atoms with E-state index in [0.717, 1.165) is 0 Å². The molecule has 96 valence electrons. The molecule has 5 nitrogen and oxygen atoms in total. The minimum Gasteiger partial charge on any atom is -0.255 e. The molecule has 1 aromatic heterocycles. The molecule has 0 aliphatic heterocycles. The maximum Gasteiger partial charge on any atom is 0.402 e. The maximum atomic E-state index is 11.8. The van der Waals surface area contributed by atoms with E-state index in [2.05, 4.69) is 4.98 Å². The van der Waals surface area contributed by atoms with Crippen LogP contribution < -0.4 is 9.44 Å². The second-order valence-corrected chi connectivity index (χ2v) is 4.77. The topological polar surface area (TPSA) is 71.1 Å². The number of aromatic nitrogens is 1. The predicted molar refractivity (Wildman–Crippen MR) is 55.8 cm³/mol. The van der Waals surface area contributed by atoms with Gasteiger partial charge in [-0.3, -0.25) is 4.72 Å². The van der Waals surface area contributed by atoms with Gasteiger partial charge in [0.1, 0.15) is 17.5 Å². The average molecular weight is 290 g/mol. The van der Waals surface area contributed by atoms with Crippen molar-refractivity contribution in [2.24, 2.45) is 0 Å². The Balaban J connectivity index is 2.67. The summed E-state index contributed by atoms with van der Waals surface area (Å²) in [6, 6.07) is 4.04. The quantitative estimate of drug-likeness (QED) is 0.826. The number of rotatable bonds is 4. The Labute approximate surface area is 100 Å². The fourth-order valence-corrected chi connectivity index (χ4v) is 1.79. The van der Waals surface area contributed by atoms with Gasteiger partial charge in [0, 0.05) is 0 Å². The molecule has 1 heterocycles. The molecule has 17 heavy (non-hydrogen) atoms. The van der Waals surface area contributed by atoms with Crippen molar-refractivity contribution < 1.29 is 21.6 Å². The van der Waals surface area contributed by atoms with Gasteiger partial charge in [-0.2, -0.15) is 26.3 Å². The van der Waals surface area contributed by atoms with Crippen LogP contribution in [-0.4, -0.2) is 26.1 Å². The number of anilines is 1. The lowest BCUT2D eigenvalue weighted by atomic mass is 10.5. The van der Waals surface area contributed by atoms with Crippen molar-refractivity contribution in [1.82, 2.24) is 9.71 Å². The summed E-state index contributed by atoms with van der Waals surface area (Å²) >= 11 is 5.48. The summed E-state index contributed by atoms with van der Waals surface area (Å²) in [5.41, 5.74) is 0. The van der Waals surface area contributed by atoms with Gasteiger partial charge in [-0.15, -0.1) is 0 Å². The summed E-state index contributed by atoms with van der Waals surface area (Å²) < 4.78 is 60.8. The molecule has 0 bridgehead atoms. The zero-order chi connectivity index (χ0) is 13.1. The molecule has 0 aliphatic carbocycles. The van der Waals surface area contributed by atoms with Gasteiger partial charge in [0.25, 0.3) is 0 Å². The lowest BCUT2D eigenvalue weighted by Gasteiger charge is -2.10. The molecule has 1 aromatic rings. The lowest BCUT2D eigenvalue weighted by Crippen LogP contribution is -2.37. The molecular weight excluding hydrogens is 283 g/mol. The van der Waals surface area contributed by atoms with Crippen LogP contribution in [0.3, 0.4) is 0 Å². The van der Waals surface area contributed by atoms with Crippen molar-refractivity contribution in [2.75, 3.05) is 11.3 Å². The highest BCUT2D eigenvalue weighted by molar-refractivity contribution is 7.90. The highest BCUT2D eigenvalue weighted by Crippen LogP contribution is 2.14. The van der Waals surface area contributed by atoms with Crippen LogP contribution in [0.4, 0.5) is 19.0 Å². The van der Waals surface area contributed by atoms with Crippen molar-refractivity contribution >= 4 is 27.6 Å². The number of nitrogens with one attached hydrogen (secondary N) is 2. The first-order valence-electron chi connectivity index (χ1n) is 4.15. The van der Waals surface area contributed by atoms with Gasteiger partial charge in [-0.25, -0.2) is 4.98 Å². The van der Waals surface area contributed by atoms with Gasteiger partial charge in [-0.1, -0.05) is 17.7 Å². The summed E-state index contributed by atoms with van der Waals surface area (Å²) in [4.78, 5) is 3.56. The monoisotopic (exact) mass is 289 g/mol. The Bertz CT molecular complexity index is 491. The van der Waals surface area contributed by atoms with Crippen molar-refractivity contribution in [3.05, 3.63) is 23.4 Å². The fourth-order valence-electron chi connectivity index (χ4n) is 0.816. The van der Waals surface area contributed by atoms with E-state index in [1.54, 1.807) is 4.72 Å². The Morgan fingerprint density at radius 2 is 2.00 bits per heavy atom. The molecule has 1 rings (SSSR count). The summed E-state index contributed by atoms with van der Waals surface area (Å²) in [5, 5.41) is 0.0148. The number of alkyl halides is 3. The molecule has 0 fully saturated rings. The zero-order valence-corrected chi connectivity index (χ0v) is 9.70. The van der Waals surface area contributed by atoms with Crippen molar-refractivity contribution in [2.45, 2.75) is 6.18 Å². The van der Waals surface area contributed by atoms with E-state index in [0.29, 0.717) is 0 Å². The number of pyridine rings is 1. The highest BCUT2D eigenvalue weighted by Gasteiger charge is 2.29. The largest absolute Gasteiger partial charge is 0.402 e. The zero-order valence-electron chi connectivity index (χ0n) is 8.12. The first-order valence-corrected chi connectivity index (χ1v) is 6.01. The maximum absolute atomic E-state index is 11.8. The van der Waals surface area contributed by atoms with Gasteiger partial charge in [0.05, 0.1) is 0 Å². The summed E-state index contributed by atoms with van der Waals surface area (Å²) in [5.74, 6) is -0.174. The van der Waals surface area contributed by atoms with E-state index in [9.17, 15) is 21.6 Å². The second-order valence-electron chi connectivity index (χ2n) is 2.89. The van der Waals surface area contributed by atoms with E-state index >= 15 is 0 Å². The van der Waals surface area contributed by atoms with Crippen LogP contribution in [0.5, 0.6) is 0 Å².